The first kappa shape index (κ1) is 13.8. The third-order valence-corrected chi connectivity index (χ3v) is 4.98. The Hall–Kier alpha value is -1.16. The molecular weight excluding hydrogens is 248 g/mol. The summed E-state index contributed by atoms with van der Waals surface area (Å²) in [6, 6.07) is 0.850. The van der Waals surface area contributed by atoms with Crippen LogP contribution in [0, 0.1) is 13.8 Å². The Labute approximate surface area is 122 Å². The molecule has 20 heavy (non-hydrogen) atoms. The van der Waals surface area contributed by atoms with Crippen LogP contribution in [0.1, 0.15) is 43.4 Å². The highest BCUT2D eigenvalue weighted by molar-refractivity contribution is 5.47. The monoisotopic (exact) mass is 274 g/mol. The van der Waals surface area contributed by atoms with Crippen molar-refractivity contribution in [3.05, 3.63) is 17.6 Å². The fraction of sp³-hybridized carbons (Fsp3) is 0.750. The van der Waals surface area contributed by atoms with E-state index < -0.39 is 0 Å². The van der Waals surface area contributed by atoms with Crippen LogP contribution in [0.5, 0.6) is 0 Å². The second kappa shape index (κ2) is 6.08. The van der Waals surface area contributed by atoms with Crippen molar-refractivity contribution in [3.8, 4) is 0 Å². The van der Waals surface area contributed by atoms with E-state index in [0.29, 0.717) is 0 Å². The first-order chi connectivity index (χ1) is 9.75. The van der Waals surface area contributed by atoms with Crippen LogP contribution in [0.4, 0.5) is 5.82 Å². The van der Waals surface area contributed by atoms with Gasteiger partial charge in [-0.05, 0) is 33.1 Å². The number of hydrogen-bond donors (Lipinski definition) is 0. The highest BCUT2D eigenvalue weighted by Crippen LogP contribution is 2.26. The summed E-state index contributed by atoms with van der Waals surface area (Å²) in [6.07, 6.45) is 8.62. The molecule has 1 aliphatic carbocycles. The Balaban J connectivity index is 1.69. The molecule has 110 valence electrons. The van der Waals surface area contributed by atoms with Gasteiger partial charge in [-0.1, -0.05) is 12.8 Å². The van der Waals surface area contributed by atoms with Crippen molar-refractivity contribution in [2.45, 2.75) is 52.0 Å². The Bertz CT molecular complexity index is 454. The summed E-state index contributed by atoms with van der Waals surface area (Å²) in [5.74, 6) is 1.14. The minimum Gasteiger partial charge on any atom is -0.355 e. The van der Waals surface area contributed by atoms with Gasteiger partial charge in [-0.2, -0.15) is 0 Å². The minimum atomic E-state index is 0.850. The van der Waals surface area contributed by atoms with E-state index in [2.05, 4.69) is 33.6 Å². The molecule has 1 aromatic rings. The average molecular weight is 274 g/mol. The van der Waals surface area contributed by atoms with E-state index in [1.165, 1.54) is 50.8 Å². The van der Waals surface area contributed by atoms with Crippen LogP contribution in [0.25, 0.3) is 0 Å². The molecule has 1 aromatic heterocycles. The van der Waals surface area contributed by atoms with E-state index in [0.717, 1.165) is 30.6 Å². The molecule has 3 rings (SSSR count). The van der Waals surface area contributed by atoms with Crippen molar-refractivity contribution in [2.75, 3.05) is 31.1 Å². The lowest BCUT2D eigenvalue weighted by Crippen LogP contribution is -2.37. The third kappa shape index (κ3) is 2.80. The lowest BCUT2D eigenvalue weighted by molar-refractivity contribution is 0.213. The van der Waals surface area contributed by atoms with Gasteiger partial charge in [-0.3, -0.25) is 4.90 Å². The van der Waals surface area contributed by atoms with Crippen LogP contribution in [0.3, 0.4) is 0 Å². The summed E-state index contributed by atoms with van der Waals surface area (Å²) in [6.45, 7) is 8.89. The number of rotatable bonds is 2. The lowest BCUT2D eigenvalue weighted by atomic mass is 10.2. The van der Waals surface area contributed by atoms with Crippen molar-refractivity contribution in [2.24, 2.45) is 0 Å². The molecule has 0 N–H and O–H groups in total. The van der Waals surface area contributed by atoms with Gasteiger partial charge in [0.15, 0.2) is 0 Å². The quantitative estimate of drug-likeness (QED) is 0.829. The predicted octanol–water partition coefficient (Wildman–Crippen LogP) is 2.55. The molecule has 4 nitrogen and oxygen atoms in total. The summed E-state index contributed by atoms with van der Waals surface area (Å²) in [5, 5.41) is 0. The number of nitrogens with zero attached hydrogens (tertiary/aromatic N) is 4. The normalized spacial score (nSPS) is 22.2. The van der Waals surface area contributed by atoms with Gasteiger partial charge >= 0.3 is 0 Å². The molecule has 0 radical (unpaired) electrons. The maximum atomic E-state index is 4.52. The molecular formula is C16H26N4. The van der Waals surface area contributed by atoms with Crippen LogP contribution in [-0.4, -0.2) is 47.1 Å². The van der Waals surface area contributed by atoms with Crippen LogP contribution >= 0.6 is 0 Å². The van der Waals surface area contributed by atoms with E-state index in [4.69, 9.17) is 0 Å². The van der Waals surface area contributed by atoms with Gasteiger partial charge in [-0.25, -0.2) is 9.97 Å². The fourth-order valence-corrected chi connectivity index (χ4v) is 3.63. The van der Waals surface area contributed by atoms with Crippen molar-refractivity contribution in [1.82, 2.24) is 14.9 Å². The second-order valence-electron chi connectivity index (χ2n) is 6.22. The van der Waals surface area contributed by atoms with Gasteiger partial charge in [0.05, 0.1) is 0 Å². The molecule has 2 fully saturated rings. The van der Waals surface area contributed by atoms with Gasteiger partial charge in [0.2, 0.25) is 0 Å². The fourth-order valence-electron chi connectivity index (χ4n) is 3.63. The van der Waals surface area contributed by atoms with E-state index in [1.54, 1.807) is 6.33 Å². The largest absolute Gasteiger partial charge is 0.355 e. The van der Waals surface area contributed by atoms with Crippen LogP contribution < -0.4 is 4.90 Å². The van der Waals surface area contributed by atoms with E-state index in [9.17, 15) is 0 Å². The summed E-state index contributed by atoms with van der Waals surface area (Å²) in [7, 11) is 0. The summed E-state index contributed by atoms with van der Waals surface area (Å²) >= 11 is 0. The Morgan fingerprint density at radius 1 is 0.950 bits per heavy atom. The molecule has 0 atom stereocenters. The molecule has 0 bridgehead atoms. The van der Waals surface area contributed by atoms with Crippen LogP contribution in [-0.2, 0) is 0 Å². The number of anilines is 1. The molecule has 0 unspecified atom stereocenters. The molecule has 4 heteroatoms. The maximum absolute atomic E-state index is 4.52. The van der Waals surface area contributed by atoms with Crippen LogP contribution in [0.2, 0.25) is 0 Å². The molecule has 0 aromatic carbocycles. The standard InChI is InChI=1S/C16H26N4/c1-13-14(2)17-12-18-16(13)20-9-5-8-19(10-11-20)15-6-3-4-7-15/h12,15H,3-11H2,1-2H3. The van der Waals surface area contributed by atoms with Gasteiger partial charge in [-0.15, -0.1) is 0 Å². The van der Waals surface area contributed by atoms with E-state index in [1.807, 2.05) is 0 Å². The van der Waals surface area contributed by atoms with Crippen molar-refractivity contribution in [3.63, 3.8) is 0 Å². The number of aromatic nitrogens is 2. The average Bonchev–Trinajstić information content (AvgIpc) is 2.87. The Morgan fingerprint density at radius 3 is 2.55 bits per heavy atom. The number of aryl methyl sites for hydroxylation is 1. The molecule has 1 saturated heterocycles. The van der Waals surface area contributed by atoms with Crippen molar-refractivity contribution >= 4 is 5.82 Å². The maximum Gasteiger partial charge on any atom is 0.135 e. The molecule has 2 aliphatic rings. The van der Waals surface area contributed by atoms with E-state index in [-0.39, 0.29) is 0 Å². The summed E-state index contributed by atoms with van der Waals surface area (Å²) < 4.78 is 0. The zero-order valence-electron chi connectivity index (χ0n) is 12.8. The second-order valence-corrected chi connectivity index (χ2v) is 6.22. The van der Waals surface area contributed by atoms with Crippen molar-refractivity contribution in [1.29, 1.82) is 0 Å². The zero-order valence-corrected chi connectivity index (χ0v) is 12.8. The zero-order chi connectivity index (χ0) is 13.9. The summed E-state index contributed by atoms with van der Waals surface area (Å²) in [4.78, 5) is 14.0. The topological polar surface area (TPSA) is 32.3 Å². The van der Waals surface area contributed by atoms with Gasteiger partial charge in [0, 0.05) is 43.5 Å². The van der Waals surface area contributed by atoms with Gasteiger partial charge in [0.25, 0.3) is 0 Å². The van der Waals surface area contributed by atoms with Gasteiger partial charge < -0.3 is 4.90 Å². The third-order valence-electron chi connectivity index (χ3n) is 4.98. The predicted molar refractivity (Wildman–Crippen MR) is 82.2 cm³/mol. The van der Waals surface area contributed by atoms with Crippen molar-refractivity contribution < 1.29 is 0 Å². The molecule has 2 heterocycles. The lowest BCUT2D eigenvalue weighted by Gasteiger charge is -2.27. The van der Waals surface area contributed by atoms with Crippen LogP contribution in [0.15, 0.2) is 6.33 Å². The Kier molecular flexibility index (Phi) is 4.20. The molecule has 1 aliphatic heterocycles. The molecule has 1 saturated carbocycles. The molecule has 0 spiro atoms. The highest BCUT2D eigenvalue weighted by Gasteiger charge is 2.25. The first-order valence-corrected chi connectivity index (χ1v) is 8.03. The smallest absolute Gasteiger partial charge is 0.135 e. The molecule has 0 amide bonds. The van der Waals surface area contributed by atoms with Gasteiger partial charge in [0.1, 0.15) is 12.1 Å². The van der Waals surface area contributed by atoms with E-state index >= 15 is 0 Å². The number of hydrogen-bond acceptors (Lipinski definition) is 4. The minimum absolute atomic E-state index is 0.850. The SMILES string of the molecule is Cc1ncnc(N2CCCN(C3CCCC3)CC2)c1C. The summed E-state index contributed by atoms with van der Waals surface area (Å²) in [5.41, 5.74) is 2.34. The highest BCUT2D eigenvalue weighted by atomic mass is 15.3. The first-order valence-electron chi connectivity index (χ1n) is 8.03. The Morgan fingerprint density at radius 2 is 1.75 bits per heavy atom.